The Kier molecular flexibility index (Phi) is 8.37. The van der Waals surface area contributed by atoms with Gasteiger partial charge in [0, 0.05) is 29.1 Å². The summed E-state index contributed by atoms with van der Waals surface area (Å²) in [4.78, 5) is 14.9. The molecule has 2 aromatic heterocycles. The first kappa shape index (κ1) is 34.5. The van der Waals surface area contributed by atoms with E-state index in [0.29, 0.717) is 5.82 Å². The van der Waals surface area contributed by atoms with E-state index in [1.54, 1.807) is 6.20 Å². The maximum absolute atomic E-state index is 5.30. The highest BCUT2D eigenvalue weighted by Crippen LogP contribution is 2.58. The summed E-state index contributed by atoms with van der Waals surface area (Å²) in [5.41, 5.74) is 16.6. The van der Waals surface area contributed by atoms with Gasteiger partial charge in [-0.25, -0.2) is 9.97 Å². The fraction of sp³-hybridized carbons (Fsp3) is 0.0179. The fourth-order valence-electron chi connectivity index (χ4n) is 9.29. The average molecular weight is 752 g/mol. The number of aromatic nitrogens is 3. The first-order valence-electron chi connectivity index (χ1n) is 20.1. The van der Waals surface area contributed by atoms with Crippen LogP contribution in [0.2, 0.25) is 0 Å². The molecule has 0 saturated carbocycles. The molecule has 0 amide bonds. The van der Waals surface area contributed by atoms with E-state index in [2.05, 4.69) is 205 Å². The van der Waals surface area contributed by atoms with Crippen molar-refractivity contribution in [2.24, 2.45) is 0 Å². The average Bonchev–Trinajstić information content (AvgIpc) is 3.63. The molecule has 59 heavy (non-hydrogen) atoms. The standard InChI is InChI=1S/C56H37N3/c1-4-16-39(17-5-1)52-36-53(40-31-29-38(30-32-40)41-18-15-35-57-37-41)59-55(58-52)48-34-33-46(44-23-10-11-24-45(44)48)47-26-14-28-51-54(47)49-25-12-13-27-50(49)56(51,42-19-6-2-7-20-42)43-21-8-3-9-22-43/h1-37H. The lowest BCUT2D eigenvalue weighted by Gasteiger charge is -2.34. The van der Waals surface area contributed by atoms with Gasteiger partial charge < -0.3 is 0 Å². The second-order valence-corrected chi connectivity index (χ2v) is 15.1. The summed E-state index contributed by atoms with van der Waals surface area (Å²) in [5.74, 6) is 0.691. The smallest absolute Gasteiger partial charge is 0.161 e. The van der Waals surface area contributed by atoms with E-state index in [0.717, 1.165) is 50.0 Å². The van der Waals surface area contributed by atoms with Crippen LogP contribution in [0.25, 0.3) is 78.1 Å². The van der Waals surface area contributed by atoms with E-state index >= 15 is 0 Å². The molecule has 1 aliphatic rings. The van der Waals surface area contributed by atoms with Crippen molar-refractivity contribution in [3.05, 3.63) is 247 Å². The number of fused-ring (bicyclic) bond motifs is 4. The van der Waals surface area contributed by atoms with E-state index in [1.165, 1.54) is 44.5 Å². The maximum atomic E-state index is 5.30. The molecular weight excluding hydrogens is 715 g/mol. The van der Waals surface area contributed by atoms with Crippen LogP contribution in [0.4, 0.5) is 0 Å². The van der Waals surface area contributed by atoms with Gasteiger partial charge in [0.15, 0.2) is 5.82 Å². The second-order valence-electron chi connectivity index (χ2n) is 15.1. The summed E-state index contributed by atoms with van der Waals surface area (Å²) >= 11 is 0. The Hall–Kier alpha value is -7.75. The van der Waals surface area contributed by atoms with Gasteiger partial charge in [-0.2, -0.15) is 0 Å². The quantitative estimate of drug-likeness (QED) is 0.163. The van der Waals surface area contributed by atoms with Crippen molar-refractivity contribution in [3.8, 4) is 67.3 Å². The normalized spacial score (nSPS) is 12.5. The predicted molar refractivity (Wildman–Crippen MR) is 242 cm³/mol. The third-order valence-corrected chi connectivity index (χ3v) is 11.9. The van der Waals surface area contributed by atoms with Crippen molar-refractivity contribution in [1.29, 1.82) is 0 Å². The van der Waals surface area contributed by atoms with Crippen LogP contribution in [0, 0.1) is 0 Å². The van der Waals surface area contributed by atoms with Gasteiger partial charge in [0.05, 0.1) is 16.8 Å². The summed E-state index contributed by atoms with van der Waals surface area (Å²) in [6, 6.07) is 76.1. The number of benzene rings is 8. The molecule has 0 radical (unpaired) electrons. The minimum atomic E-state index is -0.474. The molecule has 0 saturated heterocycles. The number of hydrogen-bond acceptors (Lipinski definition) is 3. The van der Waals surface area contributed by atoms with Gasteiger partial charge in [0.2, 0.25) is 0 Å². The summed E-state index contributed by atoms with van der Waals surface area (Å²) < 4.78 is 0. The monoisotopic (exact) mass is 751 g/mol. The Balaban J connectivity index is 1.11. The lowest BCUT2D eigenvalue weighted by molar-refractivity contribution is 0.768. The van der Waals surface area contributed by atoms with Gasteiger partial charge >= 0.3 is 0 Å². The van der Waals surface area contributed by atoms with E-state index in [-0.39, 0.29) is 0 Å². The number of nitrogens with zero attached hydrogens (tertiary/aromatic N) is 3. The molecular formula is C56H37N3. The molecule has 276 valence electrons. The first-order chi connectivity index (χ1) is 29.3. The number of hydrogen-bond donors (Lipinski definition) is 0. The molecule has 3 heteroatoms. The minimum absolute atomic E-state index is 0.474. The van der Waals surface area contributed by atoms with Gasteiger partial charge in [-0.3, -0.25) is 4.98 Å². The fourth-order valence-corrected chi connectivity index (χ4v) is 9.29. The van der Waals surface area contributed by atoms with Gasteiger partial charge in [-0.15, -0.1) is 0 Å². The molecule has 0 atom stereocenters. The molecule has 3 nitrogen and oxygen atoms in total. The highest BCUT2D eigenvalue weighted by molar-refractivity contribution is 6.08. The summed E-state index contributed by atoms with van der Waals surface area (Å²) in [7, 11) is 0. The van der Waals surface area contributed by atoms with Gasteiger partial charge in [-0.1, -0.05) is 194 Å². The van der Waals surface area contributed by atoms with Gasteiger partial charge in [0.25, 0.3) is 0 Å². The molecule has 11 rings (SSSR count). The molecule has 10 aromatic rings. The molecule has 0 N–H and O–H groups in total. The van der Waals surface area contributed by atoms with Crippen LogP contribution in [0.3, 0.4) is 0 Å². The topological polar surface area (TPSA) is 38.7 Å². The predicted octanol–water partition coefficient (Wildman–Crippen LogP) is 13.7. The third-order valence-electron chi connectivity index (χ3n) is 11.9. The van der Waals surface area contributed by atoms with Crippen molar-refractivity contribution >= 4 is 10.8 Å². The highest BCUT2D eigenvalue weighted by atomic mass is 14.9. The molecule has 0 spiro atoms. The zero-order chi connectivity index (χ0) is 39.2. The zero-order valence-corrected chi connectivity index (χ0v) is 32.2. The van der Waals surface area contributed by atoms with Crippen molar-refractivity contribution in [2.45, 2.75) is 5.41 Å². The van der Waals surface area contributed by atoms with Gasteiger partial charge in [-0.05, 0) is 84.6 Å². The first-order valence-corrected chi connectivity index (χ1v) is 20.1. The Labute approximate surface area is 344 Å². The number of pyridine rings is 1. The van der Waals surface area contributed by atoms with Crippen molar-refractivity contribution in [3.63, 3.8) is 0 Å². The van der Waals surface area contributed by atoms with Crippen molar-refractivity contribution < 1.29 is 0 Å². The van der Waals surface area contributed by atoms with Crippen molar-refractivity contribution in [2.75, 3.05) is 0 Å². The molecule has 0 unspecified atom stereocenters. The molecule has 0 aliphatic heterocycles. The number of rotatable bonds is 7. The van der Waals surface area contributed by atoms with E-state index < -0.39 is 5.41 Å². The summed E-state index contributed by atoms with van der Waals surface area (Å²) in [5, 5.41) is 2.26. The van der Waals surface area contributed by atoms with Crippen LogP contribution in [-0.4, -0.2) is 15.0 Å². The minimum Gasteiger partial charge on any atom is -0.264 e. The van der Waals surface area contributed by atoms with Crippen LogP contribution >= 0.6 is 0 Å². The van der Waals surface area contributed by atoms with Crippen LogP contribution < -0.4 is 0 Å². The van der Waals surface area contributed by atoms with Crippen LogP contribution in [0.15, 0.2) is 225 Å². The van der Waals surface area contributed by atoms with E-state index in [1.807, 2.05) is 18.3 Å². The summed E-state index contributed by atoms with van der Waals surface area (Å²) in [6.07, 6.45) is 3.70. The van der Waals surface area contributed by atoms with Crippen LogP contribution in [-0.2, 0) is 5.41 Å². The molecule has 8 aromatic carbocycles. The lowest BCUT2D eigenvalue weighted by Crippen LogP contribution is -2.28. The molecule has 1 aliphatic carbocycles. The molecule has 0 bridgehead atoms. The maximum Gasteiger partial charge on any atom is 0.161 e. The van der Waals surface area contributed by atoms with Crippen molar-refractivity contribution in [1.82, 2.24) is 15.0 Å². The Morgan fingerprint density at radius 1 is 0.339 bits per heavy atom. The highest BCUT2D eigenvalue weighted by Gasteiger charge is 2.46. The zero-order valence-electron chi connectivity index (χ0n) is 32.2. The largest absolute Gasteiger partial charge is 0.264 e. The SMILES string of the molecule is c1ccc(-c2cc(-c3ccc(-c4cccnc4)cc3)nc(-c3ccc(-c4cccc5c4-c4ccccc4C5(c4ccccc4)c4ccccc4)c4ccccc34)n2)cc1. The van der Waals surface area contributed by atoms with Gasteiger partial charge in [0.1, 0.15) is 0 Å². The Bertz CT molecular complexity index is 3080. The Morgan fingerprint density at radius 2 is 0.864 bits per heavy atom. The van der Waals surface area contributed by atoms with E-state index in [4.69, 9.17) is 9.97 Å². The van der Waals surface area contributed by atoms with Crippen LogP contribution in [0.5, 0.6) is 0 Å². The lowest BCUT2D eigenvalue weighted by atomic mass is 9.67. The summed E-state index contributed by atoms with van der Waals surface area (Å²) in [6.45, 7) is 0. The molecule has 2 heterocycles. The molecule has 0 fully saturated rings. The Morgan fingerprint density at radius 3 is 1.54 bits per heavy atom. The third kappa shape index (κ3) is 5.70. The second kappa shape index (κ2) is 14.3. The van der Waals surface area contributed by atoms with Crippen LogP contribution in [0.1, 0.15) is 22.3 Å². The van der Waals surface area contributed by atoms with E-state index in [9.17, 15) is 0 Å².